The van der Waals surface area contributed by atoms with E-state index in [-0.39, 0.29) is 11.4 Å². The average Bonchev–Trinajstić information content (AvgIpc) is 3.34. The molecule has 32 heavy (non-hydrogen) atoms. The van der Waals surface area contributed by atoms with Crippen molar-refractivity contribution in [2.24, 2.45) is 0 Å². The summed E-state index contributed by atoms with van der Waals surface area (Å²) in [6.07, 6.45) is 5.97. The van der Waals surface area contributed by atoms with Gasteiger partial charge in [-0.05, 0) is 71.2 Å². The van der Waals surface area contributed by atoms with Gasteiger partial charge in [-0.25, -0.2) is 9.50 Å². The zero-order valence-corrected chi connectivity index (χ0v) is 19.9. The molecule has 1 N–H and O–H groups in total. The highest BCUT2D eigenvalue weighted by atomic mass is 16.1. The van der Waals surface area contributed by atoms with Crippen LogP contribution >= 0.6 is 0 Å². The number of hydrogen-bond acceptors (Lipinski definition) is 5. The third kappa shape index (κ3) is 5.15. The zero-order valence-electron chi connectivity index (χ0n) is 19.9. The van der Waals surface area contributed by atoms with Gasteiger partial charge in [0.2, 0.25) is 5.91 Å². The first-order valence-electron chi connectivity index (χ1n) is 11.5. The van der Waals surface area contributed by atoms with Gasteiger partial charge in [0, 0.05) is 60.8 Å². The van der Waals surface area contributed by atoms with E-state index >= 15 is 0 Å². The van der Waals surface area contributed by atoms with Gasteiger partial charge in [0.05, 0.1) is 5.69 Å². The molecule has 1 aliphatic rings. The fraction of sp³-hybridized carbons (Fsp3) is 0.520. The van der Waals surface area contributed by atoms with E-state index in [4.69, 9.17) is 10.1 Å². The number of amides is 1. The molecule has 4 heterocycles. The van der Waals surface area contributed by atoms with Crippen molar-refractivity contribution in [3.8, 4) is 0 Å². The highest BCUT2D eigenvalue weighted by Gasteiger charge is 2.27. The Morgan fingerprint density at radius 1 is 1.28 bits per heavy atom. The summed E-state index contributed by atoms with van der Waals surface area (Å²) >= 11 is 0. The molecule has 0 bridgehead atoms. The third-order valence-corrected chi connectivity index (χ3v) is 6.12. The first-order valence-corrected chi connectivity index (χ1v) is 11.5. The van der Waals surface area contributed by atoms with E-state index in [0.717, 1.165) is 54.3 Å². The summed E-state index contributed by atoms with van der Waals surface area (Å²) in [6, 6.07) is 6.25. The quantitative estimate of drug-likeness (QED) is 0.642. The lowest BCUT2D eigenvalue weighted by molar-refractivity contribution is -0.122. The van der Waals surface area contributed by atoms with Gasteiger partial charge >= 0.3 is 0 Å². The van der Waals surface area contributed by atoms with Gasteiger partial charge in [-0.1, -0.05) is 6.07 Å². The standard InChI is InChI=1S/C25H34N6O/c1-17-21(8-9-24(32)28-25(3,4)5)18(2)31-23(27-17)13-22(29-31)20-10-12-30(16-20)15-19-7-6-11-26-14-19/h6-7,11,13-14,20H,8-10,12,15-16H2,1-5H3,(H,28,32)/t20-/m1/s1. The number of nitrogens with zero attached hydrogens (tertiary/aromatic N) is 5. The summed E-state index contributed by atoms with van der Waals surface area (Å²) in [6.45, 7) is 13.1. The Hall–Kier alpha value is -2.80. The molecule has 0 aliphatic carbocycles. The number of hydrogen-bond donors (Lipinski definition) is 1. The molecule has 0 aromatic carbocycles. The van der Waals surface area contributed by atoms with E-state index in [1.807, 2.05) is 50.7 Å². The van der Waals surface area contributed by atoms with Crippen molar-refractivity contribution in [3.63, 3.8) is 0 Å². The fourth-order valence-corrected chi connectivity index (χ4v) is 4.59. The first-order chi connectivity index (χ1) is 15.2. The molecule has 7 nitrogen and oxygen atoms in total. The highest BCUT2D eigenvalue weighted by Crippen LogP contribution is 2.29. The van der Waals surface area contributed by atoms with Crippen LogP contribution in [0.3, 0.4) is 0 Å². The molecular weight excluding hydrogens is 400 g/mol. The molecule has 0 saturated carbocycles. The van der Waals surface area contributed by atoms with Crippen molar-refractivity contribution in [2.75, 3.05) is 13.1 Å². The van der Waals surface area contributed by atoms with Crippen molar-refractivity contribution >= 4 is 11.6 Å². The largest absolute Gasteiger partial charge is 0.351 e. The van der Waals surface area contributed by atoms with Crippen LogP contribution in [-0.4, -0.2) is 49.0 Å². The molecular formula is C25H34N6O. The summed E-state index contributed by atoms with van der Waals surface area (Å²) in [5.74, 6) is 0.478. The molecule has 1 atom stereocenters. The Labute approximate surface area is 190 Å². The van der Waals surface area contributed by atoms with Crippen LogP contribution < -0.4 is 5.32 Å². The number of aryl methyl sites for hydroxylation is 2. The second-order valence-corrected chi connectivity index (χ2v) is 9.98. The van der Waals surface area contributed by atoms with Crippen molar-refractivity contribution in [1.29, 1.82) is 0 Å². The lowest BCUT2D eigenvalue weighted by Gasteiger charge is -2.20. The van der Waals surface area contributed by atoms with E-state index in [1.54, 1.807) is 0 Å². The molecule has 4 rings (SSSR count). The maximum atomic E-state index is 12.3. The molecule has 1 fully saturated rings. The Morgan fingerprint density at radius 2 is 2.09 bits per heavy atom. The van der Waals surface area contributed by atoms with E-state index in [2.05, 4.69) is 34.3 Å². The highest BCUT2D eigenvalue weighted by molar-refractivity contribution is 5.77. The van der Waals surface area contributed by atoms with E-state index in [9.17, 15) is 4.79 Å². The van der Waals surface area contributed by atoms with E-state index in [0.29, 0.717) is 18.8 Å². The molecule has 0 spiro atoms. The molecule has 1 amide bonds. The predicted molar refractivity (Wildman–Crippen MR) is 126 cm³/mol. The van der Waals surface area contributed by atoms with Crippen LogP contribution in [0.2, 0.25) is 0 Å². The van der Waals surface area contributed by atoms with Crippen molar-refractivity contribution < 1.29 is 4.79 Å². The number of carbonyl (C=O) groups is 1. The molecule has 1 aliphatic heterocycles. The van der Waals surface area contributed by atoms with Crippen LogP contribution in [0.1, 0.15) is 67.7 Å². The van der Waals surface area contributed by atoms with Crippen LogP contribution in [0.15, 0.2) is 30.6 Å². The van der Waals surface area contributed by atoms with Crippen molar-refractivity contribution in [3.05, 3.63) is 58.8 Å². The maximum absolute atomic E-state index is 12.3. The Bertz CT molecular complexity index is 1100. The molecule has 3 aromatic heterocycles. The number of fused-ring (bicyclic) bond motifs is 1. The summed E-state index contributed by atoms with van der Waals surface area (Å²) in [4.78, 5) is 23.8. The predicted octanol–water partition coefficient (Wildman–Crippen LogP) is 3.58. The molecule has 170 valence electrons. The van der Waals surface area contributed by atoms with Gasteiger partial charge in [-0.2, -0.15) is 5.10 Å². The van der Waals surface area contributed by atoms with Crippen LogP contribution in [0, 0.1) is 13.8 Å². The Morgan fingerprint density at radius 3 is 2.81 bits per heavy atom. The van der Waals surface area contributed by atoms with Crippen LogP contribution in [0.5, 0.6) is 0 Å². The minimum absolute atomic E-state index is 0.0669. The second-order valence-electron chi connectivity index (χ2n) is 9.98. The maximum Gasteiger partial charge on any atom is 0.220 e. The topological polar surface area (TPSA) is 75.4 Å². The molecule has 3 aromatic rings. The zero-order chi connectivity index (χ0) is 22.9. The number of likely N-dealkylation sites (tertiary alicyclic amines) is 1. The van der Waals surface area contributed by atoms with Gasteiger partial charge in [0.15, 0.2) is 5.65 Å². The van der Waals surface area contributed by atoms with E-state index in [1.165, 1.54) is 5.56 Å². The van der Waals surface area contributed by atoms with Crippen LogP contribution in [0.4, 0.5) is 0 Å². The molecule has 0 radical (unpaired) electrons. The normalized spacial score (nSPS) is 17.2. The minimum atomic E-state index is -0.216. The fourth-order valence-electron chi connectivity index (χ4n) is 4.59. The Kier molecular flexibility index (Phi) is 6.29. The summed E-state index contributed by atoms with van der Waals surface area (Å²) in [5, 5.41) is 7.98. The summed E-state index contributed by atoms with van der Waals surface area (Å²) < 4.78 is 1.96. The number of carbonyl (C=O) groups excluding carboxylic acids is 1. The number of rotatable bonds is 6. The van der Waals surface area contributed by atoms with Gasteiger partial charge in [-0.3, -0.25) is 14.7 Å². The summed E-state index contributed by atoms with van der Waals surface area (Å²) in [7, 11) is 0. The number of aromatic nitrogens is 4. The van der Waals surface area contributed by atoms with Crippen LogP contribution in [-0.2, 0) is 17.8 Å². The molecule has 7 heteroatoms. The lowest BCUT2D eigenvalue weighted by atomic mass is 10.0. The Balaban J connectivity index is 1.47. The molecule has 0 unspecified atom stereocenters. The van der Waals surface area contributed by atoms with Crippen molar-refractivity contribution in [2.45, 2.75) is 71.9 Å². The monoisotopic (exact) mass is 434 g/mol. The van der Waals surface area contributed by atoms with E-state index < -0.39 is 0 Å². The smallest absolute Gasteiger partial charge is 0.220 e. The summed E-state index contributed by atoms with van der Waals surface area (Å²) in [5.41, 5.74) is 6.20. The van der Waals surface area contributed by atoms with Crippen LogP contribution in [0.25, 0.3) is 5.65 Å². The lowest BCUT2D eigenvalue weighted by Crippen LogP contribution is -2.40. The van der Waals surface area contributed by atoms with Gasteiger partial charge in [0.25, 0.3) is 0 Å². The van der Waals surface area contributed by atoms with Gasteiger partial charge in [-0.15, -0.1) is 0 Å². The second kappa shape index (κ2) is 8.98. The van der Waals surface area contributed by atoms with Gasteiger partial charge < -0.3 is 5.32 Å². The molecule has 1 saturated heterocycles. The average molecular weight is 435 g/mol. The first kappa shape index (κ1) is 22.4. The van der Waals surface area contributed by atoms with Crippen molar-refractivity contribution in [1.82, 2.24) is 29.8 Å². The van der Waals surface area contributed by atoms with Gasteiger partial charge in [0.1, 0.15) is 0 Å². The number of pyridine rings is 1. The SMILES string of the molecule is Cc1nc2cc([C@@H]3CCN(Cc4cccnc4)C3)nn2c(C)c1CCC(=O)NC(C)(C)C. The third-order valence-electron chi connectivity index (χ3n) is 6.12. The minimum Gasteiger partial charge on any atom is -0.351 e. The number of nitrogens with one attached hydrogen (secondary N) is 1.